The van der Waals surface area contributed by atoms with Gasteiger partial charge in [0, 0.05) is 25.7 Å². The normalized spacial score (nSPS) is 15.4. The summed E-state index contributed by atoms with van der Waals surface area (Å²) in [5, 5.41) is 9.48. The molecule has 0 saturated heterocycles. The van der Waals surface area contributed by atoms with Gasteiger partial charge in [-0.1, -0.05) is 6.07 Å². The molecule has 8 nitrogen and oxygen atoms in total. The number of pyridine rings is 1. The molecule has 3 heterocycles. The number of alkyl halides is 3. The summed E-state index contributed by atoms with van der Waals surface area (Å²) in [5.41, 5.74) is -0.648. The van der Waals surface area contributed by atoms with E-state index in [4.69, 9.17) is 9.47 Å². The van der Waals surface area contributed by atoms with Crippen molar-refractivity contribution in [2.45, 2.75) is 38.7 Å². The number of aromatic nitrogens is 3. The molecule has 0 amide bonds. The number of benzene rings is 1. The molecule has 11 heteroatoms. The van der Waals surface area contributed by atoms with E-state index in [1.165, 1.54) is 12.1 Å². The highest BCUT2D eigenvalue weighted by Gasteiger charge is 2.32. The largest absolute Gasteiger partial charge is 0.473 e. The van der Waals surface area contributed by atoms with Crippen LogP contribution in [-0.2, 0) is 19.3 Å². The molecule has 0 saturated carbocycles. The third-order valence-electron chi connectivity index (χ3n) is 5.56. The minimum Gasteiger partial charge on any atom is -0.473 e. The van der Waals surface area contributed by atoms with Crippen LogP contribution in [0.25, 0.3) is 0 Å². The van der Waals surface area contributed by atoms with E-state index in [2.05, 4.69) is 16.9 Å². The predicted molar refractivity (Wildman–Crippen MR) is 116 cm³/mol. The summed E-state index contributed by atoms with van der Waals surface area (Å²) >= 11 is 0. The molecule has 0 N–H and O–H groups in total. The van der Waals surface area contributed by atoms with Crippen molar-refractivity contribution in [3.63, 3.8) is 0 Å². The number of hydrogen-bond acceptors (Lipinski definition) is 7. The lowest BCUT2D eigenvalue weighted by Gasteiger charge is -2.34. The van der Waals surface area contributed by atoms with Gasteiger partial charge in [0.2, 0.25) is 5.88 Å². The van der Waals surface area contributed by atoms with Gasteiger partial charge in [-0.15, -0.1) is 0 Å². The molecule has 2 aromatic heterocycles. The zero-order valence-corrected chi connectivity index (χ0v) is 18.3. The van der Waals surface area contributed by atoms with Crippen LogP contribution >= 0.6 is 0 Å². The summed E-state index contributed by atoms with van der Waals surface area (Å²) in [7, 11) is 1.91. The van der Waals surface area contributed by atoms with Gasteiger partial charge in [-0.3, -0.25) is 4.57 Å². The third-order valence-corrected chi connectivity index (χ3v) is 5.56. The lowest BCUT2D eigenvalue weighted by molar-refractivity contribution is -0.141. The Kier molecular flexibility index (Phi) is 6.15. The molecule has 176 valence electrons. The smallest absolute Gasteiger partial charge is 0.433 e. The second-order valence-electron chi connectivity index (χ2n) is 7.85. The van der Waals surface area contributed by atoms with E-state index in [9.17, 15) is 23.2 Å². The molecular formula is C23H20F3N5O3. The van der Waals surface area contributed by atoms with Crippen LogP contribution in [0, 0.1) is 11.3 Å². The van der Waals surface area contributed by atoms with Gasteiger partial charge < -0.3 is 14.4 Å². The molecule has 0 bridgehead atoms. The van der Waals surface area contributed by atoms with E-state index in [1.54, 1.807) is 16.7 Å². The number of ether oxygens (including phenoxy) is 2. The van der Waals surface area contributed by atoms with Crippen LogP contribution in [0.3, 0.4) is 0 Å². The summed E-state index contributed by atoms with van der Waals surface area (Å²) in [4.78, 5) is 21.7. The number of nitrogens with zero attached hydrogens (tertiary/aromatic N) is 5. The number of anilines is 1. The van der Waals surface area contributed by atoms with E-state index in [-0.39, 0.29) is 35.6 Å². The lowest BCUT2D eigenvalue weighted by Crippen LogP contribution is -2.41. The highest BCUT2D eigenvalue weighted by atomic mass is 19.4. The molecule has 0 fully saturated rings. The van der Waals surface area contributed by atoms with E-state index in [0.717, 1.165) is 30.6 Å². The van der Waals surface area contributed by atoms with Gasteiger partial charge in [0.1, 0.15) is 35.7 Å². The zero-order valence-electron chi connectivity index (χ0n) is 18.3. The Balaban J connectivity index is 1.48. The Bertz CT molecular complexity index is 1300. The van der Waals surface area contributed by atoms with Gasteiger partial charge in [-0.25, -0.2) is 9.78 Å². The monoisotopic (exact) mass is 471 g/mol. The first-order chi connectivity index (χ1) is 16.2. The molecule has 0 spiro atoms. The first-order valence-corrected chi connectivity index (χ1v) is 10.4. The fourth-order valence-electron chi connectivity index (χ4n) is 3.52. The second kappa shape index (κ2) is 9.05. The molecule has 1 atom stereocenters. The van der Waals surface area contributed by atoms with Crippen LogP contribution in [0.1, 0.15) is 30.2 Å². The van der Waals surface area contributed by atoms with Crippen molar-refractivity contribution >= 4 is 5.82 Å². The van der Waals surface area contributed by atoms with Gasteiger partial charge in [-0.05, 0) is 43.2 Å². The number of halogens is 3. The fourth-order valence-corrected chi connectivity index (χ4v) is 3.52. The van der Waals surface area contributed by atoms with Crippen molar-refractivity contribution in [1.82, 2.24) is 14.5 Å². The van der Waals surface area contributed by atoms with Crippen LogP contribution in [0.5, 0.6) is 17.4 Å². The van der Waals surface area contributed by atoms with Crippen molar-refractivity contribution < 1.29 is 22.6 Å². The van der Waals surface area contributed by atoms with E-state index >= 15 is 0 Å². The minimum atomic E-state index is -4.55. The van der Waals surface area contributed by atoms with Gasteiger partial charge in [0.15, 0.2) is 0 Å². The summed E-state index contributed by atoms with van der Waals surface area (Å²) in [5.74, 6) is 1.12. The van der Waals surface area contributed by atoms with Crippen molar-refractivity contribution in [3.8, 4) is 23.4 Å². The van der Waals surface area contributed by atoms with E-state index < -0.39 is 17.6 Å². The Morgan fingerprint density at radius 3 is 2.71 bits per heavy atom. The molecule has 3 aromatic rings. The van der Waals surface area contributed by atoms with Crippen molar-refractivity contribution in [2.24, 2.45) is 0 Å². The molecule has 1 aromatic carbocycles. The summed E-state index contributed by atoms with van der Waals surface area (Å²) < 4.78 is 50.8. The SMILES string of the molecule is CC1CCn2c(cc(OCc3ccc(Oc4ccc(C(F)(F)F)nc4)c(C#N)c3)nc2=O)N1C. The van der Waals surface area contributed by atoms with Gasteiger partial charge in [-0.2, -0.15) is 23.4 Å². The van der Waals surface area contributed by atoms with Crippen LogP contribution in [0.2, 0.25) is 0 Å². The topological polar surface area (TPSA) is 93.3 Å². The maximum Gasteiger partial charge on any atom is 0.433 e. The Morgan fingerprint density at radius 1 is 1.24 bits per heavy atom. The summed E-state index contributed by atoms with van der Waals surface area (Å²) in [6, 6.07) is 10.6. The van der Waals surface area contributed by atoms with E-state index in [1.807, 2.05) is 18.0 Å². The molecule has 1 unspecified atom stereocenters. The van der Waals surface area contributed by atoms with Crippen molar-refractivity contribution in [2.75, 3.05) is 11.9 Å². The number of nitriles is 1. The van der Waals surface area contributed by atoms with Crippen LogP contribution < -0.4 is 20.1 Å². The van der Waals surface area contributed by atoms with E-state index in [0.29, 0.717) is 12.1 Å². The summed E-state index contributed by atoms with van der Waals surface area (Å²) in [6.45, 7) is 2.71. The number of fused-ring (bicyclic) bond motifs is 1. The maximum absolute atomic E-state index is 12.7. The minimum absolute atomic E-state index is 0.0476. The maximum atomic E-state index is 12.7. The van der Waals surface area contributed by atoms with Crippen LogP contribution in [-0.4, -0.2) is 27.6 Å². The first-order valence-electron chi connectivity index (χ1n) is 10.4. The fraction of sp³-hybridized carbons (Fsp3) is 0.304. The third kappa shape index (κ3) is 4.80. The molecule has 34 heavy (non-hydrogen) atoms. The van der Waals surface area contributed by atoms with Gasteiger partial charge in [0.05, 0.1) is 11.8 Å². The average Bonchev–Trinajstić information content (AvgIpc) is 2.80. The Labute approximate surface area is 192 Å². The first kappa shape index (κ1) is 23.1. The lowest BCUT2D eigenvalue weighted by atomic mass is 10.1. The number of rotatable bonds is 5. The molecule has 4 rings (SSSR count). The van der Waals surface area contributed by atoms with Crippen molar-refractivity contribution in [1.29, 1.82) is 5.26 Å². The van der Waals surface area contributed by atoms with Gasteiger partial charge in [0.25, 0.3) is 0 Å². The molecule has 0 aliphatic carbocycles. The van der Waals surface area contributed by atoms with Gasteiger partial charge >= 0.3 is 11.9 Å². The second-order valence-corrected chi connectivity index (χ2v) is 7.85. The Morgan fingerprint density at radius 2 is 2.03 bits per heavy atom. The quantitative estimate of drug-likeness (QED) is 0.552. The average molecular weight is 471 g/mol. The predicted octanol–water partition coefficient (Wildman–Crippen LogP) is 4.13. The van der Waals surface area contributed by atoms with Crippen LogP contribution in [0.15, 0.2) is 47.4 Å². The highest BCUT2D eigenvalue weighted by Crippen LogP contribution is 2.31. The van der Waals surface area contributed by atoms with Crippen LogP contribution in [0.4, 0.5) is 19.0 Å². The molecular weight excluding hydrogens is 451 g/mol. The standard InChI is InChI=1S/C23H20F3N5O3/c1-14-7-8-31-21(30(14)2)10-20(29-22(31)32)33-13-15-3-5-18(16(9-15)11-27)34-17-4-6-19(28-12-17)23(24,25)26/h3-6,9-10,12,14H,7-8,13H2,1-2H3. The molecule has 0 radical (unpaired) electrons. The number of hydrogen-bond donors (Lipinski definition) is 0. The highest BCUT2D eigenvalue weighted by molar-refractivity contribution is 5.47. The molecule has 1 aliphatic rings. The zero-order chi connectivity index (χ0) is 24.5. The summed E-state index contributed by atoms with van der Waals surface area (Å²) in [6.07, 6.45) is -2.76. The van der Waals surface area contributed by atoms with Crippen molar-refractivity contribution in [3.05, 3.63) is 69.9 Å². The Hall–Kier alpha value is -4.07. The molecule has 1 aliphatic heterocycles.